The van der Waals surface area contributed by atoms with Gasteiger partial charge in [-0.1, -0.05) is 78.9 Å². The Labute approximate surface area is 236 Å². The quantitative estimate of drug-likeness (QED) is 0.246. The Morgan fingerprint density at radius 1 is 0.951 bits per heavy atom. The van der Waals surface area contributed by atoms with Gasteiger partial charge in [0.1, 0.15) is 6.61 Å². The molecular weight excluding hydrogens is 526 g/mol. The summed E-state index contributed by atoms with van der Waals surface area (Å²) in [6.45, 7) is 1.69. The minimum atomic E-state index is -1.34. The predicted molar refractivity (Wildman–Crippen MR) is 148 cm³/mol. The fourth-order valence-corrected chi connectivity index (χ4v) is 4.87. The first kappa shape index (κ1) is 27.6. The normalized spacial score (nSPS) is 13.5. The van der Waals surface area contributed by atoms with Crippen LogP contribution < -0.4 is 10.6 Å². The number of carbonyl (C=O) groups is 3. The van der Waals surface area contributed by atoms with Crippen molar-refractivity contribution in [3.63, 3.8) is 0 Å². The number of ether oxygens (including phenoxy) is 2. The summed E-state index contributed by atoms with van der Waals surface area (Å²) in [7, 11) is 0. The molecular formula is C31H29N3O7. The van der Waals surface area contributed by atoms with E-state index in [9.17, 15) is 19.5 Å². The molecule has 1 aliphatic carbocycles. The number of amides is 2. The second-order valence-corrected chi connectivity index (χ2v) is 9.59. The van der Waals surface area contributed by atoms with Gasteiger partial charge in [-0.3, -0.25) is 4.79 Å². The Bertz CT molecular complexity index is 1490. The van der Waals surface area contributed by atoms with E-state index in [2.05, 4.69) is 27.8 Å². The van der Waals surface area contributed by atoms with E-state index in [1.807, 2.05) is 66.7 Å². The first-order chi connectivity index (χ1) is 19.9. The fourth-order valence-electron chi connectivity index (χ4n) is 4.87. The third kappa shape index (κ3) is 6.28. The zero-order valence-corrected chi connectivity index (χ0v) is 22.3. The monoisotopic (exact) mass is 555 g/mol. The summed E-state index contributed by atoms with van der Waals surface area (Å²) in [5, 5.41) is 14.7. The van der Waals surface area contributed by atoms with Gasteiger partial charge in [-0.2, -0.15) is 0 Å². The number of rotatable bonds is 11. The van der Waals surface area contributed by atoms with Crippen molar-refractivity contribution in [2.24, 2.45) is 0 Å². The molecule has 0 bridgehead atoms. The van der Waals surface area contributed by atoms with Gasteiger partial charge in [0.05, 0.1) is 19.3 Å². The average molecular weight is 556 g/mol. The third-order valence-electron chi connectivity index (χ3n) is 6.97. The van der Waals surface area contributed by atoms with Crippen LogP contribution in [0.2, 0.25) is 0 Å². The molecule has 0 saturated carbocycles. The van der Waals surface area contributed by atoms with Crippen molar-refractivity contribution in [2.45, 2.75) is 38.1 Å². The molecule has 0 radical (unpaired) electrons. The number of carbonyl (C=O) groups excluding carboxylic acids is 2. The Balaban J connectivity index is 1.15. The van der Waals surface area contributed by atoms with Gasteiger partial charge < -0.3 is 29.6 Å². The second kappa shape index (κ2) is 12.5. The van der Waals surface area contributed by atoms with Crippen molar-refractivity contribution in [3.8, 4) is 11.1 Å². The Hall–Kier alpha value is -4.96. The van der Waals surface area contributed by atoms with E-state index in [0.717, 1.165) is 34.2 Å². The van der Waals surface area contributed by atoms with Crippen LogP contribution in [0.1, 0.15) is 45.8 Å². The summed E-state index contributed by atoms with van der Waals surface area (Å²) >= 11 is 0. The largest absolute Gasteiger partial charge is 0.480 e. The SMILES string of the molecule is C[C@@H](OCc1ccccc1)[C@H](NC(=O)c1ncoc1CNC(=O)OCC1c2ccccc2-c2ccccc21)C(=O)O. The molecule has 0 unspecified atom stereocenters. The van der Waals surface area contributed by atoms with Gasteiger partial charge in [0.2, 0.25) is 0 Å². The lowest BCUT2D eigenvalue weighted by Crippen LogP contribution is -2.48. The van der Waals surface area contributed by atoms with Gasteiger partial charge in [0.25, 0.3) is 5.91 Å². The molecule has 210 valence electrons. The van der Waals surface area contributed by atoms with Crippen LogP contribution in [0.3, 0.4) is 0 Å². The van der Waals surface area contributed by atoms with Crippen LogP contribution in [-0.2, 0) is 27.4 Å². The molecule has 1 aliphatic rings. The highest BCUT2D eigenvalue weighted by Crippen LogP contribution is 2.44. The lowest BCUT2D eigenvalue weighted by atomic mass is 9.98. The smallest absolute Gasteiger partial charge is 0.407 e. The number of fused-ring (bicyclic) bond motifs is 3. The number of aliphatic carboxylic acids is 1. The van der Waals surface area contributed by atoms with Crippen molar-refractivity contribution in [3.05, 3.63) is 113 Å². The molecule has 2 atom stereocenters. The first-order valence-corrected chi connectivity index (χ1v) is 13.1. The van der Waals surface area contributed by atoms with E-state index in [-0.39, 0.29) is 37.1 Å². The molecule has 1 aromatic heterocycles. The van der Waals surface area contributed by atoms with E-state index in [4.69, 9.17) is 13.9 Å². The molecule has 3 N–H and O–H groups in total. The number of carboxylic acids is 1. The van der Waals surface area contributed by atoms with Crippen LogP contribution >= 0.6 is 0 Å². The van der Waals surface area contributed by atoms with E-state index < -0.39 is 30.1 Å². The van der Waals surface area contributed by atoms with Gasteiger partial charge in [0.15, 0.2) is 23.9 Å². The molecule has 0 fully saturated rings. The van der Waals surface area contributed by atoms with Gasteiger partial charge in [-0.25, -0.2) is 14.6 Å². The van der Waals surface area contributed by atoms with E-state index >= 15 is 0 Å². The van der Waals surface area contributed by atoms with Crippen LogP contribution in [0.25, 0.3) is 11.1 Å². The number of nitrogens with zero attached hydrogens (tertiary/aromatic N) is 1. The predicted octanol–water partition coefficient (Wildman–Crippen LogP) is 4.50. The summed E-state index contributed by atoms with van der Waals surface area (Å²) in [6.07, 6.45) is -0.485. The number of carboxylic acid groups (broad SMARTS) is 1. The number of hydrogen-bond donors (Lipinski definition) is 3. The zero-order valence-electron chi connectivity index (χ0n) is 22.3. The summed E-state index contributed by atoms with van der Waals surface area (Å²) in [4.78, 5) is 41.3. The lowest BCUT2D eigenvalue weighted by Gasteiger charge is -2.21. The van der Waals surface area contributed by atoms with E-state index in [1.54, 1.807) is 6.92 Å². The van der Waals surface area contributed by atoms with Crippen molar-refractivity contribution in [2.75, 3.05) is 6.61 Å². The Morgan fingerprint density at radius 3 is 2.24 bits per heavy atom. The van der Waals surface area contributed by atoms with Gasteiger partial charge in [-0.05, 0) is 34.7 Å². The molecule has 4 aromatic rings. The number of alkyl carbamates (subject to hydrolysis) is 1. The van der Waals surface area contributed by atoms with Crippen LogP contribution in [0.4, 0.5) is 4.79 Å². The van der Waals surface area contributed by atoms with Crippen LogP contribution in [0.5, 0.6) is 0 Å². The summed E-state index contributed by atoms with van der Waals surface area (Å²) < 4.78 is 16.5. The molecule has 0 spiro atoms. The van der Waals surface area contributed by atoms with Crippen molar-refractivity contribution in [1.82, 2.24) is 15.6 Å². The molecule has 5 rings (SSSR count). The van der Waals surface area contributed by atoms with Gasteiger partial charge in [-0.15, -0.1) is 0 Å². The fraction of sp³-hybridized carbons (Fsp3) is 0.226. The van der Waals surface area contributed by atoms with Crippen LogP contribution in [-0.4, -0.2) is 46.8 Å². The molecule has 10 heteroatoms. The summed E-state index contributed by atoms with van der Waals surface area (Å²) in [5.74, 6) is -2.08. The minimum absolute atomic E-state index is 0.0537. The lowest BCUT2D eigenvalue weighted by molar-refractivity contribution is -0.143. The van der Waals surface area contributed by atoms with Crippen molar-refractivity contribution < 1.29 is 33.4 Å². The first-order valence-electron chi connectivity index (χ1n) is 13.1. The molecule has 10 nitrogen and oxygen atoms in total. The maximum atomic E-state index is 12.9. The van der Waals surface area contributed by atoms with Crippen LogP contribution in [0, 0.1) is 0 Å². The minimum Gasteiger partial charge on any atom is -0.480 e. The maximum absolute atomic E-state index is 12.9. The number of oxazole rings is 1. The highest BCUT2D eigenvalue weighted by molar-refractivity contribution is 5.96. The molecule has 0 saturated heterocycles. The molecule has 2 amide bonds. The van der Waals surface area contributed by atoms with E-state index in [0.29, 0.717) is 0 Å². The molecule has 41 heavy (non-hydrogen) atoms. The number of hydrogen-bond acceptors (Lipinski definition) is 7. The Kier molecular flexibility index (Phi) is 8.40. The average Bonchev–Trinajstić information content (AvgIpc) is 3.59. The van der Waals surface area contributed by atoms with Crippen molar-refractivity contribution in [1.29, 1.82) is 0 Å². The molecule has 1 heterocycles. The summed E-state index contributed by atoms with van der Waals surface area (Å²) in [5.41, 5.74) is 5.14. The van der Waals surface area contributed by atoms with Crippen molar-refractivity contribution >= 4 is 18.0 Å². The maximum Gasteiger partial charge on any atom is 0.407 e. The van der Waals surface area contributed by atoms with Crippen LogP contribution in [0.15, 0.2) is 89.7 Å². The topological polar surface area (TPSA) is 140 Å². The standard InChI is InChI=1S/C31H29N3O7/c1-19(39-16-20-9-3-2-4-10-20)27(30(36)37)34-29(35)28-26(41-18-33-28)15-32-31(38)40-17-25-23-13-7-5-11-21(23)22-12-6-8-14-24(22)25/h2-14,18-19,25,27H,15-17H2,1H3,(H,32,38)(H,34,35)(H,36,37)/t19-,27+/m1/s1. The third-order valence-corrected chi connectivity index (χ3v) is 6.97. The molecule has 3 aromatic carbocycles. The number of benzene rings is 3. The number of aromatic nitrogens is 1. The highest BCUT2D eigenvalue weighted by Gasteiger charge is 2.31. The Morgan fingerprint density at radius 2 is 1.59 bits per heavy atom. The zero-order chi connectivity index (χ0) is 28.8. The highest BCUT2D eigenvalue weighted by atomic mass is 16.5. The van der Waals surface area contributed by atoms with Gasteiger partial charge >= 0.3 is 12.1 Å². The van der Waals surface area contributed by atoms with Gasteiger partial charge in [0, 0.05) is 5.92 Å². The van der Waals surface area contributed by atoms with E-state index in [1.165, 1.54) is 0 Å². The summed E-state index contributed by atoms with van der Waals surface area (Å²) in [6, 6.07) is 24.0. The second-order valence-electron chi connectivity index (χ2n) is 9.59. The molecule has 0 aliphatic heterocycles. The number of nitrogens with one attached hydrogen (secondary N) is 2.